The summed E-state index contributed by atoms with van der Waals surface area (Å²) < 4.78 is 0.857. The highest BCUT2D eigenvalue weighted by atomic mass is 35.5. The van der Waals surface area contributed by atoms with Gasteiger partial charge in [0.05, 0.1) is 12.6 Å². The van der Waals surface area contributed by atoms with Gasteiger partial charge in [-0.15, -0.1) is 22.6 Å². The third kappa shape index (κ3) is 6.99. The molecular formula is C15H20ClN5O2S2. The number of carbonyl (C=O) groups excluding carboxylic acids is 2. The molecule has 136 valence electrons. The fourth-order valence-corrected chi connectivity index (χ4v) is 3.16. The summed E-state index contributed by atoms with van der Waals surface area (Å²) in [6, 6.07) is 6.74. The van der Waals surface area contributed by atoms with E-state index in [1.54, 1.807) is 17.6 Å². The zero-order valence-electron chi connectivity index (χ0n) is 13.8. The van der Waals surface area contributed by atoms with Crippen molar-refractivity contribution >= 4 is 53.0 Å². The third-order valence-electron chi connectivity index (χ3n) is 3.13. The first-order valence-corrected chi connectivity index (χ1v) is 9.02. The summed E-state index contributed by atoms with van der Waals surface area (Å²) in [4.78, 5) is 24.6. The number of carbonyl (C=O) groups is 2. The SMILES string of the molecule is CC(C)[C@H](N)C(=O)NCC(=O)Nc1ccc(Sc2nncs2)cc1.Cl. The third-order valence-corrected chi connectivity index (χ3v) is 4.91. The molecule has 0 fully saturated rings. The average molecular weight is 402 g/mol. The van der Waals surface area contributed by atoms with Gasteiger partial charge in [0.25, 0.3) is 0 Å². The van der Waals surface area contributed by atoms with E-state index in [-0.39, 0.29) is 36.7 Å². The van der Waals surface area contributed by atoms with Gasteiger partial charge in [-0.2, -0.15) is 0 Å². The largest absolute Gasteiger partial charge is 0.346 e. The van der Waals surface area contributed by atoms with Crippen molar-refractivity contribution in [2.75, 3.05) is 11.9 Å². The summed E-state index contributed by atoms with van der Waals surface area (Å²) in [7, 11) is 0. The highest BCUT2D eigenvalue weighted by Gasteiger charge is 2.17. The van der Waals surface area contributed by atoms with Crippen LogP contribution in [0, 0.1) is 5.92 Å². The fraction of sp³-hybridized carbons (Fsp3) is 0.333. The van der Waals surface area contributed by atoms with E-state index in [1.807, 2.05) is 26.0 Å². The Hall–Kier alpha value is -1.68. The summed E-state index contributed by atoms with van der Waals surface area (Å²) in [5, 5.41) is 13.0. The van der Waals surface area contributed by atoms with E-state index in [4.69, 9.17) is 5.73 Å². The molecule has 2 rings (SSSR count). The quantitative estimate of drug-likeness (QED) is 0.655. The first kappa shape index (κ1) is 21.4. The predicted molar refractivity (Wildman–Crippen MR) is 102 cm³/mol. The highest BCUT2D eigenvalue weighted by Crippen LogP contribution is 2.29. The number of rotatable bonds is 7. The number of nitrogens with two attached hydrogens (primary N) is 1. The molecule has 7 nitrogen and oxygen atoms in total. The summed E-state index contributed by atoms with van der Waals surface area (Å²) in [5.41, 5.74) is 8.05. The van der Waals surface area contributed by atoms with E-state index >= 15 is 0 Å². The van der Waals surface area contributed by atoms with Crippen molar-refractivity contribution in [1.29, 1.82) is 0 Å². The lowest BCUT2D eigenvalue weighted by atomic mass is 10.1. The average Bonchev–Trinajstić information content (AvgIpc) is 3.06. The van der Waals surface area contributed by atoms with E-state index in [1.165, 1.54) is 23.1 Å². The maximum atomic E-state index is 11.9. The zero-order chi connectivity index (χ0) is 17.5. The summed E-state index contributed by atoms with van der Waals surface area (Å²) in [6.45, 7) is 3.60. The van der Waals surface area contributed by atoms with Gasteiger partial charge in [-0.1, -0.05) is 36.9 Å². The van der Waals surface area contributed by atoms with Crippen molar-refractivity contribution in [3.05, 3.63) is 29.8 Å². The van der Waals surface area contributed by atoms with E-state index in [0.29, 0.717) is 5.69 Å². The first-order valence-electron chi connectivity index (χ1n) is 7.33. The van der Waals surface area contributed by atoms with Gasteiger partial charge >= 0.3 is 0 Å². The second-order valence-electron chi connectivity index (χ2n) is 5.37. The molecule has 1 atom stereocenters. The van der Waals surface area contributed by atoms with Crippen LogP contribution in [-0.4, -0.2) is 34.6 Å². The van der Waals surface area contributed by atoms with Crippen LogP contribution < -0.4 is 16.4 Å². The maximum absolute atomic E-state index is 11.9. The van der Waals surface area contributed by atoms with Crippen LogP contribution in [-0.2, 0) is 9.59 Å². The van der Waals surface area contributed by atoms with E-state index in [2.05, 4.69) is 20.8 Å². The molecule has 1 aromatic heterocycles. The van der Waals surface area contributed by atoms with Crippen LogP contribution in [0.3, 0.4) is 0 Å². The molecule has 0 unspecified atom stereocenters. The fourth-order valence-electron chi connectivity index (χ4n) is 1.71. The van der Waals surface area contributed by atoms with Gasteiger partial charge in [0.1, 0.15) is 5.51 Å². The molecule has 0 aliphatic heterocycles. The molecule has 1 aromatic carbocycles. The minimum atomic E-state index is -0.616. The molecule has 0 radical (unpaired) electrons. The molecule has 25 heavy (non-hydrogen) atoms. The molecule has 1 heterocycles. The molecule has 2 amide bonds. The van der Waals surface area contributed by atoms with Crippen molar-refractivity contribution in [3.63, 3.8) is 0 Å². The molecule has 0 aliphatic carbocycles. The van der Waals surface area contributed by atoms with Gasteiger partial charge in [0.15, 0.2) is 4.34 Å². The van der Waals surface area contributed by atoms with Crippen molar-refractivity contribution in [2.45, 2.75) is 29.1 Å². The van der Waals surface area contributed by atoms with Gasteiger partial charge < -0.3 is 16.4 Å². The summed E-state index contributed by atoms with van der Waals surface area (Å²) >= 11 is 2.97. The Morgan fingerprint density at radius 2 is 1.96 bits per heavy atom. The molecule has 4 N–H and O–H groups in total. The predicted octanol–water partition coefficient (Wildman–Crippen LogP) is 2.15. The van der Waals surface area contributed by atoms with Gasteiger partial charge in [-0.3, -0.25) is 9.59 Å². The number of aromatic nitrogens is 2. The van der Waals surface area contributed by atoms with Gasteiger partial charge in [0.2, 0.25) is 11.8 Å². The second-order valence-corrected chi connectivity index (χ2v) is 7.52. The Balaban J connectivity index is 0.00000312. The molecule has 0 saturated heterocycles. The highest BCUT2D eigenvalue weighted by molar-refractivity contribution is 8.01. The normalized spacial score (nSPS) is 11.5. The van der Waals surface area contributed by atoms with Crippen LogP contribution in [0.25, 0.3) is 0 Å². The zero-order valence-corrected chi connectivity index (χ0v) is 16.2. The smallest absolute Gasteiger partial charge is 0.243 e. The number of halogens is 1. The monoisotopic (exact) mass is 401 g/mol. The number of amides is 2. The topological polar surface area (TPSA) is 110 Å². The van der Waals surface area contributed by atoms with Crippen molar-refractivity contribution in [2.24, 2.45) is 11.7 Å². The van der Waals surface area contributed by atoms with Crippen LogP contribution in [0.5, 0.6) is 0 Å². The molecule has 10 heteroatoms. The van der Waals surface area contributed by atoms with Crippen LogP contribution in [0.15, 0.2) is 39.0 Å². The number of nitrogens with zero attached hydrogens (tertiary/aromatic N) is 2. The first-order chi connectivity index (χ1) is 11.5. The molecule has 0 spiro atoms. The van der Waals surface area contributed by atoms with Crippen molar-refractivity contribution in [1.82, 2.24) is 15.5 Å². The number of nitrogens with one attached hydrogen (secondary N) is 2. The summed E-state index contributed by atoms with van der Waals surface area (Å²) in [5.74, 6) is -0.612. The lowest BCUT2D eigenvalue weighted by molar-refractivity contribution is -0.125. The summed E-state index contributed by atoms with van der Waals surface area (Å²) in [6.07, 6.45) is 0. The van der Waals surface area contributed by atoms with E-state index < -0.39 is 6.04 Å². The molecule has 0 saturated carbocycles. The Kier molecular flexibility index (Phi) is 8.84. The van der Waals surface area contributed by atoms with Gasteiger partial charge in [-0.25, -0.2) is 0 Å². The maximum Gasteiger partial charge on any atom is 0.243 e. The van der Waals surface area contributed by atoms with E-state index in [9.17, 15) is 9.59 Å². The number of anilines is 1. The van der Waals surface area contributed by atoms with Crippen molar-refractivity contribution < 1.29 is 9.59 Å². The van der Waals surface area contributed by atoms with Crippen molar-refractivity contribution in [3.8, 4) is 0 Å². The number of hydrogen-bond donors (Lipinski definition) is 3. The lowest BCUT2D eigenvalue weighted by Gasteiger charge is -2.15. The van der Waals surface area contributed by atoms with Gasteiger partial charge in [0, 0.05) is 10.6 Å². The minimum absolute atomic E-state index is 0. The Bertz CT molecular complexity index is 680. The Morgan fingerprint density at radius 1 is 1.28 bits per heavy atom. The molecule has 0 bridgehead atoms. The molecule has 2 aromatic rings. The second kappa shape index (κ2) is 10.3. The minimum Gasteiger partial charge on any atom is -0.346 e. The molecular weight excluding hydrogens is 382 g/mol. The number of hydrogen-bond acceptors (Lipinski definition) is 7. The Labute approximate surface area is 160 Å². The van der Waals surface area contributed by atoms with Gasteiger partial charge in [-0.05, 0) is 30.2 Å². The van der Waals surface area contributed by atoms with Crippen LogP contribution in [0.1, 0.15) is 13.8 Å². The van der Waals surface area contributed by atoms with E-state index in [0.717, 1.165) is 9.24 Å². The van der Waals surface area contributed by atoms with Crippen LogP contribution in [0.2, 0.25) is 0 Å². The molecule has 0 aliphatic rings. The standard InChI is InChI=1S/C15H19N5O2S2.ClH/c1-9(2)13(16)14(22)17-7-12(21)19-10-3-5-11(6-4-10)24-15-20-18-8-23-15;/h3-6,8-9,13H,7,16H2,1-2H3,(H,17,22)(H,19,21);1H/t13-;/m0./s1. The van der Waals surface area contributed by atoms with Crippen LogP contribution in [0.4, 0.5) is 5.69 Å². The lowest BCUT2D eigenvalue weighted by Crippen LogP contribution is -2.46. The number of benzene rings is 1. The Morgan fingerprint density at radius 3 is 2.52 bits per heavy atom. The van der Waals surface area contributed by atoms with Crippen LogP contribution >= 0.6 is 35.5 Å².